The van der Waals surface area contributed by atoms with E-state index in [2.05, 4.69) is 6.92 Å². The highest BCUT2D eigenvalue weighted by atomic mass is 35.5. The van der Waals surface area contributed by atoms with Gasteiger partial charge in [0.05, 0.1) is 18.7 Å². The Morgan fingerprint density at radius 2 is 2.09 bits per heavy atom. The molecule has 0 radical (unpaired) electrons. The number of hydrogen-bond acceptors (Lipinski definition) is 3. The Kier molecular flexibility index (Phi) is 5.95. The number of ether oxygens (including phenoxy) is 2. The minimum atomic E-state index is 0.0111. The van der Waals surface area contributed by atoms with Crippen LogP contribution in [0, 0.1) is 5.92 Å². The second kappa shape index (κ2) is 7.73. The van der Waals surface area contributed by atoms with E-state index in [4.69, 9.17) is 21.1 Å². The lowest BCUT2D eigenvalue weighted by atomic mass is 10.1. The molecule has 4 nitrogen and oxygen atoms in total. The van der Waals surface area contributed by atoms with Crippen LogP contribution in [0.1, 0.15) is 43.5 Å². The third-order valence-electron chi connectivity index (χ3n) is 3.72. The Balaban J connectivity index is 2.25. The number of halogens is 1. The number of nitrogens with zero attached hydrogens (tertiary/aromatic N) is 1. The zero-order chi connectivity index (χ0) is 16.1. The van der Waals surface area contributed by atoms with Crippen LogP contribution in [0.25, 0.3) is 0 Å². The van der Waals surface area contributed by atoms with Crippen molar-refractivity contribution in [3.8, 4) is 11.5 Å². The molecule has 5 heteroatoms. The van der Waals surface area contributed by atoms with Gasteiger partial charge in [-0.1, -0.05) is 18.5 Å². The van der Waals surface area contributed by atoms with E-state index in [1.807, 2.05) is 11.8 Å². The first kappa shape index (κ1) is 16.9. The molecular formula is C17H24ClNO3. The number of carbonyl (C=O) groups excluding carboxylic acids is 1. The number of rotatable bonds is 8. The molecule has 1 saturated carbocycles. The first-order valence-electron chi connectivity index (χ1n) is 7.90. The lowest BCUT2D eigenvalue weighted by molar-refractivity contribution is 0.0747. The Bertz CT molecular complexity index is 529. The highest BCUT2D eigenvalue weighted by Gasteiger charge is 2.27. The Morgan fingerprint density at radius 1 is 1.36 bits per heavy atom. The topological polar surface area (TPSA) is 38.8 Å². The van der Waals surface area contributed by atoms with E-state index in [0.29, 0.717) is 34.6 Å². The minimum Gasteiger partial charge on any atom is -0.493 e. The average molecular weight is 326 g/mol. The van der Waals surface area contributed by atoms with Gasteiger partial charge in [-0.15, -0.1) is 0 Å². The predicted octanol–water partition coefficient (Wildman–Crippen LogP) is 4.01. The van der Waals surface area contributed by atoms with E-state index >= 15 is 0 Å². The number of methoxy groups -OCH3 is 1. The van der Waals surface area contributed by atoms with Crippen LogP contribution < -0.4 is 9.47 Å². The quantitative estimate of drug-likeness (QED) is 0.725. The van der Waals surface area contributed by atoms with Crippen LogP contribution in [0.3, 0.4) is 0 Å². The third kappa shape index (κ3) is 4.07. The fourth-order valence-electron chi connectivity index (χ4n) is 2.47. The molecule has 0 atom stereocenters. The van der Waals surface area contributed by atoms with E-state index < -0.39 is 0 Å². The van der Waals surface area contributed by atoms with Crippen molar-refractivity contribution in [1.82, 2.24) is 4.90 Å². The fraction of sp³-hybridized carbons (Fsp3) is 0.588. The summed E-state index contributed by atoms with van der Waals surface area (Å²) in [4.78, 5) is 14.7. The van der Waals surface area contributed by atoms with Gasteiger partial charge in [-0.25, -0.2) is 0 Å². The molecule has 0 N–H and O–H groups in total. The summed E-state index contributed by atoms with van der Waals surface area (Å²) >= 11 is 6.26. The zero-order valence-electron chi connectivity index (χ0n) is 13.5. The summed E-state index contributed by atoms with van der Waals surface area (Å²) in [7, 11) is 1.55. The molecule has 0 aromatic heterocycles. The van der Waals surface area contributed by atoms with Crippen LogP contribution >= 0.6 is 11.6 Å². The Labute approximate surface area is 137 Å². The molecule has 1 aliphatic rings. The maximum Gasteiger partial charge on any atom is 0.254 e. The lowest BCUT2D eigenvalue weighted by Crippen LogP contribution is -2.33. The van der Waals surface area contributed by atoms with Crippen molar-refractivity contribution in [1.29, 1.82) is 0 Å². The van der Waals surface area contributed by atoms with Crippen molar-refractivity contribution in [2.24, 2.45) is 5.92 Å². The molecule has 0 saturated heterocycles. The maximum absolute atomic E-state index is 12.8. The predicted molar refractivity (Wildman–Crippen MR) is 88.1 cm³/mol. The summed E-state index contributed by atoms with van der Waals surface area (Å²) in [5.74, 6) is 1.67. The summed E-state index contributed by atoms with van der Waals surface area (Å²) in [6.07, 6.45) is 3.39. The van der Waals surface area contributed by atoms with Crippen LogP contribution in [0.15, 0.2) is 12.1 Å². The molecule has 0 unspecified atom stereocenters. The van der Waals surface area contributed by atoms with E-state index in [0.717, 1.165) is 19.5 Å². The first-order valence-corrected chi connectivity index (χ1v) is 8.28. The normalized spacial score (nSPS) is 13.8. The third-order valence-corrected chi connectivity index (χ3v) is 4.00. The molecule has 1 fully saturated rings. The van der Waals surface area contributed by atoms with Gasteiger partial charge in [0.1, 0.15) is 0 Å². The highest BCUT2D eigenvalue weighted by Crippen LogP contribution is 2.37. The van der Waals surface area contributed by atoms with Gasteiger partial charge in [-0.05, 0) is 44.2 Å². The van der Waals surface area contributed by atoms with E-state index in [1.54, 1.807) is 19.2 Å². The van der Waals surface area contributed by atoms with E-state index in [-0.39, 0.29) is 5.91 Å². The van der Waals surface area contributed by atoms with E-state index in [9.17, 15) is 4.79 Å². The van der Waals surface area contributed by atoms with Gasteiger partial charge in [0.15, 0.2) is 11.5 Å². The molecule has 1 aromatic carbocycles. The fourth-order valence-corrected chi connectivity index (χ4v) is 2.73. The van der Waals surface area contributed by atoms with Gasteiger partial charge in [-0.2, -0.15) is 0 Å². The second-order valence-electron chi connectivity index (χ2n) is 5.62. The van der Waals surface area contributed by atoms with Crippen LogP contribution in [-0.4, -0.2) is 37.6 Å². The largest absolute Gasteiger partial charge is 0.493 e. The van der Waals surface area contributed by atoms with E-state index in [1.165, 1.54) is 12.8 Å². The van der Waals surface area contributed by atoms with Crippen molar-refractivity contribution in [3.63, 3.8) is 0 Å². The number of carbonyl (C=O) groups is 1. The first-order chi connectivity index (χ1) is 10.6. The van der Waals surface area contributed by atoms with Crippen molar-refractivity contribution in [2.45, 2.75) is 33.1 Å². The van der Waals surface area contributed by atoms with Gasteiger partial charge in [0.25, 0.3) is 5.91 Å². The molecule has 1 aromatic rings. The van der Waals surface area contributed by atoms with Crippen LogP contribution in [0.2, 0.25) is 5.02 Å². The van der Waals surface area contributed by atoms with Gasteiger partial charge in [0.2, 0.25) is 0 Å². The lowest BCUT2D eigenvalue weighted by Gasteiger charge is -2.23. The number of amides is 1. The second-order valence-corrected chi connectivity index (χ2v) is 6.02. The number of hydrogen-bond donors (Lipinski definition) is 0. The molecule has 2 rings (SSSR count). The highest BCUT2D eigenvalue weighted by molar-refractivity contribution is 6.32. The van der Waals surface area contributed by atoms with Crippen molar-refractivity contribution >= 4 is 17.5 Å². The molecule has 0 heterocycles. The van der Waals surface area contributed by atoms with Crippen molar-refractivity contribution in [3.05, 3.63) is 22.7 Å². The van der Waals surface area contributed by atoms with Gasteiger partial charge >= 0.3 is 0 Å². The summed E-state index contributed by atoms with van der Waals surface area (Å²) in [6.45, 7) is 6.06. The monoisotopic (exact) mass is 325 g/mol. The smallest absolute Gasteiger partial charge is 0.254 e. The van der Waals surface area contributed by atoms with Crippen LogP contribution in [0.5, 0.6) is 11.5 Å². The molecule has 0 spiro atoms. The molecular weight excluding hydrogens is 302 g/mol. The van der Waals surface area contributed by atoms with Crippen LogP contribution in [-0.2, 0) is 0 Å². The summed E-state index contributed by atoms with van der Waals surface area (Å²) in [5.41, 5.74) is 0.555. The molecule has 0 bridgehead atoms. The summed E-state index contributed by atoms with van der Waals surface area (Å²) < 4.78 is 10.8. The van der Waals surface area contributed by atoms with Gasteiger partial charge in [-0.3, -0.25) is 4.79 Å². The van der Waals surface area contributed by atoms with Crippen molar-refractivity contribution in [2.75, 3.05) is 26.8 Å². The van der Waals surface area contributed by atoms with Crippen molar-refractivity contribution < 1.29 is 14.3 Å². The maximum atomic E-state index is 12.8. The SMILES string of the molecule is CCCN(CC1CC1)C(=O)c1cc(Cl)c(OCC)c(OC)c1. The standard InChI is InChI=1S/C17H24ClNO3/c1-4-8-19(11-12-6-7-12)17(20)13-9-14(18)16(22-5-2)15(10-13)21-3/h9-10,12H,4-8,11H2,1-3H3. The van der Waals surface area contributed by atoms with Gasteiger partial charge in [0, 0.05) is 18.7 Å². The molecule has 0 aliphatic heterocycles. The average Bonchev–Trinajstić information content (AvgIpc) is 3.32. The molecule has 1 amide bonds. The van der Waals surface area contributed by atoms with Gasteiger partial charge < -0.3 is 14.4 Å². The minimum absolute atomic E-state index is 0.0111. The zero-order valence-corrected chi connectivity index (χ0v) is 14.3. The summed E-state index contributed by atoms with van der Waals surface area (Å²) in [5, 5.41) is 0.410. The Morgan fingerprint density at radius 3 is 2.64 bits per heavy atom. The molecule has 122 valence electrons. The molecule has 22 heavy (non-hydrogen) atoms. The van der Waals surface area contributed by atoms with Crippen LogP contribution in [0.4, 0.5) is 0 Å². The Hall–Kier alpha value is -1.42. The number of benzene rings is 1. The molecule has 1 aliphatic carbocycles. The summed E-state index contributed by atoms with van der Waals surface area (Å²) in [6, 6.07) is 3.39.